The maximum absolute atomic E-state index is 12.3. The van der Waals surface area contributed by atoms with Gasteiger partial charge in [-0.2, -0.15) is 0 Å². The molecule has 0 N–H and O–H groups in total. The molecule has 2 aromatic carbocycles. The third-order valence-electron chi connectivity index (χ3n) is 4.70. The highest BCUT2D eigenvalue weighted by Crippen LogP contribution is 2.30. The van der Waals surface area contributed by atoms with Crippen LogP contribution in [0.1, 0.15) is 5.69 Å². The molecule has 154 valence electrons. The Bertz CT molecular complexity index is 1390. The van der Waals surface area contributed by atoms with Crippen LogP contribution in [-0.4, -0.2) is 31.3 Å². The molecule has 0 fully saturated rings. The minimum absolute atomic E-state index is 0.0784. The van der Waals surface area contributed by atoms with Crippen molar-refractivity contribution in [2.24, 2.45) is 0 Å². The van der Waals surface area contributed by atoms with Crippen LogP contribution in [0.15, 0.2) is 82.2 Å². The van der Waals surface area contributed by atoms with E-state index in [1.54, 1.807) is 23.8 Å². The highest BCUT2D eigenvalue weighted by Gasteiger charge is 2.17. The number of hydrogen-bond donors (Lipinski definition) is 0. The standard InChI is InChI=1S/C22H17N5O2S2/c1-29-18-9-7-15(8-10-18)20-24-25-22(27(20)17-5-3-2-4-6-17)31-14-16-13-19(28)26-11-12-30-21(26)23-16/h2-13H,14H2,1H3. The Labute approximate surface area is 186 Å². The lowest BCUT2D eigenvalue weighted by Gasteiger charge is -2.10. The van der Waals surface area contributed by atoms with E-state index in [0.29, 0.717) is 16.4 Å². The predicted molar refractivity (Wildman–Crippen MR) is 122 cm³/mol. The topological polar surface area (TPSA) is 74.3 Å². The van der Waals surface area contributed by atoms with Gasteiger partial charge in [0.05, 0.1) is 12.8 Å². The molecular formula is C22H17N5O2S2. The van der Waals surface area contributed by atoms with Crippen LogP contribution in [0, 0.1) is 0 Å². The molecule has 0 aliphatic heterocycles. The highest BCUT2D eigenvalue weighted by molar-refractivity contribution is 7.98. The summed E-state index contributed by atoms with van der Waals surface area (Å²) < 4.78 is 8.83. The minimum Gasteiger partial charge on any atom is -0.497 e. The van der Waals surface area contributed by atoms with Crippen molar-refractivity contribution in [3.05, 3.63) is 88.3 Å². The Kier molecular flexibility index (Phi) is 5.27. The van der Waals surface area contributed by atoms with E-state index in [1.165, 1.54) is 23.1 Å². The molecule has 3 heterocycles. The Morgan fingerprint density at radius 1 is 1.06 bits per heavy atom. The summed E-state index contributed by atoms with van der Waals surface area (Å²) in [7, 11) is 1.64. The average Bonchev–Trinajstić information content (AvgIpc) is 3.46. The zero-order chi connectivity index (χ0) is 21.2. The average molecular weight is 448 g/mol. The summed E-state index contributed by atoms with van der Waals surface area (Å²) in [5.41, 5.74) is 2.53. The first-order valence-electron chi connectivity index (χ1n) is 9.47. The Balaban J connectivity index is 1.51. The largest absolute Gasteiger partial charge is 0.497 e. The first-order valence-corrected chi connectivity index (χ1v) is 11.3. The summed E-state index contributed by atoms with van der Waals surface area (Å²) in [5.74, 6) is 2.03. The molecule has 0 radical (unpaired) electrons. The summed E-state index contributed by atoms with van der Waals surface area (Å²) >= 11 is 2.94. The zero-order valence-corrected chi connectivity index (χ0v) is 18.1. The van der Waals surface area contributed by atoms with Crippen LogP contribution >= 0.6 is 23.1 Å². The number of fused-ring (bicyclic) bond motifs is 1. The van der Waals surface area contributed by atoms with Gasteiger partial charge in [-0.15, -0.1) is 21.5 Å². The Morgan fingerprint density at radius 2 is 1.87 bits per heavy atom. The number of thiazole rings is 1. The molecule has 7 nitrogen and oxygen atoms in total. The summed E-state index contributed by atoms with van der Waals surface area (Å²) in [4.78, 5) is 17.6. The minimum atomic E-state index is -0.0784. The normalized spacial score (nSPS) is 11.1. The number of nitrogens with zero attached hydrogens (tertiary/aromatic N) is 5. The SMILES string of the molecule is COc1ccc(-c2nnc(SCc3cc(=O)n4ccsc4n3)n2-c2ccccc2)cc1. The lowest BCUT2D eigenvalue weighted by molar-refractivity contribution is 0.415. The van der Waals surface area contributed by atoms with Gasteiger partial charge in [0.2, 0.25) is 0 Å². The van der Waals surface area contributed by atoms with Gasteiger partial charge in [-0.25, -0.2) is 4.98 Å². The molecule has 0 amide bonds. The third-order valence-corrected chi connectivity index (χ3v) is 6.42. The molecule has 0 aliphatic rings. The molecular weight excluding hydrogens is 430 g/mol. The van der Waals surface area contributed by atoms with E-state index in [-0.39, 0.29) is 5.56 Å². The second-order valence-corrected chi connectivity index (χ2v) is 8.45. The van der Waals surface area contributed by atoms with Gasteiger partial charge in [0.25, 0.3) is 5.56 Å². The Hall–Kier alpha value is -3.43. The molecule has 9 heteroatoms. The smallest absolute Gasteiger partial charge is 0.258 e. The molecule has 0 bridgehead atoms. The van der Waals surface area contributed by atoms with E-state index >= 15 is 0 Å². The first kappa shape index (κ1) is 19.5. The van der Waals surface area contributed by atoms with Crippen molar-refractivity contribution in [2.75, 3.05) is 7.11 Å². The van der Waals surface area contributed by atoms with Gasteiger partial charge in [0.1, 0.15) is 5.75 Å². The number of thioether (sulfide) groups is 1. The number of rotatable bonds is 6. The van der Waals surface area contributed by atoms with Gasteiger partial charge in [-0.1, -0.05) is 30.0 Å². The summed E-state index contributed by atoms with van der Waals surface area (Å²) in [6, 6.07) is 19.3. The van der Waals surface area contributed by atoms with Crippen LogP contribution < -0.4 is 10.3 Å². The van der Waals surface area contributed by atoms with Crippen LogP contribution in [0.4, 0.5) is 0 Å². The maximum atomic E-state index is 12.3. The summed E-state index contributed by atoms with van der Waals surface area (Å²) in [6.07, 6.45) is 1.74. The fraction of sp³-hybridized carbons (Fsp3) is 0.0909. The molecule has 0 saturated carbocycles. The number of benzene rings is 2. The quantitative estimate of drug-likeness (QED) is 0.361. The van der Waals surface area contributed by atoms with Gasteiger partial charge >= 0.3 is 0 Å². The summed E-state index contributed by atoms with van der Waals surface area (Å²) in [6.45, 7) is 0. The van der Waals surface area contributed by atoms with E-state index in [1.807, 2.05) is 64.5 Å². The molecule has 3 aromatic heterocycles. The number of para-hydroxylation sites is 1. The van der Waals surface area contributed by atoms with Crippen molar-refractivity contribution >= 4 is 28.1 Å². The Morgan fingerprint density at radius 3 is 2.65 bits per heavy atom. The molecule has 0 spiro atoms. The fourth-order valence-corrected chi connectivity index (χ4v) is 4.78. The zero-order valence-electron chi connectivity index (χ0n) is 16.5. The number of hydrogen-bond acceptors (Lipinski definition) is 7. The lowest BCUT2D eigenvalue weighted by atomic mass is 10.2. The predicted octanol–water partition coefficient (Wildman–Crippen LogP) is 4.30. The monoisotopic (exact) mass is 447 g/mol. The van der Waals surface area contributed by atoms with Crippen molar-refractivity contribution in [3.63, 3.8) is 0 Å². The highest BCUT2D eigenvalue weighted by atomic mass is 32.2. The van der Waals surface area contributed by atoms with Crippen LogP contribution in [0.25, 0.3) is 22.0 Å². The fourth-order valence-electron chi connectivity index (χ4n) is 3.20. The number of aromatic nitrogens is 5. The van der Waals surface area contributed by atoms with Crippen molar-refractivity contribution in [1.29, 1.82) is 0 Å². The van der Waals surface area contributed by atoms with Crippen molar-refractivity contribution in [2.45, 2.75) is 10.9 Å². The maximum Gasteiger partial charge on any atom is 0.258 e. The third kappa shape index (κ3) is 3.85. The van der Waals surface area contributed by atoms with Crippen LogP contribution in [0.2, 0.25) is 0 Å². The molecule has 0 unspecified atom stereocenters. The summed E-state index contributed by atoms with van der Waals surface area (Å²) in [5, 5.41) is 11.5. The van der Waals surface area contributed by atoms with E-state index in [2.05, 4.69) is 15.2 Å². The molecule has 0 aliphatic carbocycles. The number of methoxy groups -OCH3 is 1. The van der Waals surface area contributed by atoms with Gasteiger partial charge in [0.15, 0.2) is 15.9 Å². The van der Waals surface area contributed by atoms with Gasteiger partial charge < -0.3 is 4.74 Å². The van der Waals surface area contributed by atoms with Gasteiger partial charge in [-0.05, 0) is 36.4 Å². The van der Waals surface area contributed by atoms with E-state index in [0.717, 1.165) is 28.0 Å². The molecule has 5 aromatic rings. The van der Waals surface area contributed by atoms with E-state index in [4.69, 9.17) is 4.74 Å². The van der Waals surface area contributed by atoms with Crippen molar-refractivity contribution in [3.8, 4) is 22.8 Å². The first-order chi connectivity index (χ1) is 15.2. The lowest BCUT2D eigenvalue weighted by Crippen LogP contribution is -2.12. The molecule has 5 rings (SSSR count). The van der Waals surface area contributed by atoms with Crippen molar-refractivity contribution in [1.82, 2.24) is 24.1 Å². The molecule has 31 heavy (non-hydrogen) atoms. The molecule has 0 saturated heterocycles. The van der Waals surface area contributed by atoms with Crippen molar-refractivity contribution < 1.29 is 4.74 Å². The van der Waals surface area contributed by atoms with Gasteiger partial charge in [-0.3, -0.25) is 13.8 Å². The van der Waals surface area contributed by atoms with Crippen LogP contribution in [0.3, 0.4) is 0 Å². The molecule has 0 atom stereocenters. The second kappa shape index (κ2) is 8.37. The number of ether oxygens (including phenoxy) is 1. The van der Waals surface area contributed by atoms with Crippen LogP contribution in [-0.2, 0) is 5.75 Å². The van der Waals surface area contributed by atoms with E-state index in [9.17, 15) is 4.79 Å². The van der Waals surface area contributed by atoms with E-state index < -0.39 is 0 Å². The second-order valence-electron chi connectivity index (χ2n) is 6.64. The van der Waals surface area contributed by atoms with Gasteiger partial charge in [0, 0.05) is 34.6 Å². The van der Waals surface area contributed by atoms with Crippen LogP contribution in [0.5, 0.6) is 5.75 Å².